The van der Waals surface area contributed by atoms with E-state index in [1.54, 1.807) is 32.2 Å². The summed E-state index contributed by atoms with van der Waals surface area (Å²) in [4.78, 5) is 11.5. The number of hydrogen-bond donors (Lipinski definition) is 0. The second-order valence-corrected chi connectivity index (χ2v) is 4.28. The number of ether oxygens (including phenoxy) is 2. The topological polar surface area (TPSA) is 35.5 Å². The van der Waals surface area contributed by atoms with Gasteiger partial charge in [0.15, 0.2) is 0 Å². The summed E-state index contributed by atoms with van der Waals surface area (Å²) in [5.74, 6) is 6.78. The van der Waals surface area contributed by atoms with Crippen LogP contribution in [0.3, 0.4) is 0 Å². The van der Waals surface area contributed by atoms with Crippen molar-refractivity contribution in [2.24, 2.45) is 0 Å². The monoisotopic (exact) mass is 280 g/mol. The molecule has 2 rings (SSSR count). The van der Waals surface area contributed by atoms with Crippen LogP contribution in [0.4, 0.5) is 0 Å². The van der Waals surface area contributed by atoms with Crippen molar-refractivity contribution >= 4 is 5.97 Å². The van der Waals surface area contributed by atoms with Crippen LogP contribution in [0.1, 0.15) is 24.5 Å². The molecule has 2 aromatic rings. The van der Waals surface area contributed by atoms with Gasteiger partial charge in [0.2, 0.25) is 0 Å². The molecule has 0 radical (unpaired) electrons. The second-order valence-electron chi connectivity index (χ2n) is 4.28. The highest BCUT2D eigenvalue weighted by molar-refractivity contribution is 5.73. The zero-order valence-electron chi connectivity index (χ0n) is 12.1. The fourth-order valence-electron chi connectivity index (χ4n) is 1.74. The molecular formula is C18H16O3. The molecule has 0 atom stereocenters. The molecule has 0 spiro atoms. The summed E-state index contributed by atoms with van der Waals surface area (Å²) >= 11 is 0. The standard InChI is InChI=1S/C18H16O3/c1-3-18(19)21-17-11-7-10-16(20-2)15(17)13-12-14-8-5-4-6-9-14/h4-11H,3H2,1-2H3. The van der Waals surface area contributed by atoms with Crippen LogP contribution in [0.2, 0.25) is 0 Å². The Labute approximate surface area is 124 Å². The number of rotatable bonds is 3. The van der Waals surface area contributed by atoms with Gasteiger partial charge in [0.25, 0.3) is 0 Å². The van der Waals surface area contributed by atoms with Gasteiger partial charge < -0.3 is 9.47 Å². The molecular weight excluding hydrogens is 264 g/mol. The van der Waals surface area contributed by atoms with Crippen LogP contribution in [-0.2, 0) is 4.79 Å². The van der Waals surface area contributed by atoms with Gasteiger partial charge in [-0.3, -0.25) is 4.79 Å². The van der Waals surface area contributed by atoms with Crippen LogP contribution in [0.25, 0.3) is 0 Å². The van der Waals surface area contributed by atoms with Gasteiger partial charge in [-0.2, -0.15) is 0 Å². The van der Waals surface area contributed by atoms with Crippen LogP contribution >= 0.6 is 0 Å². The first kappa shape index (κ1) is 14.7. The molecule has 0 saturated carbocycles. The minimum absolute atomic E-state index is 0.300. The maximum Gasteiger partial charge on any atom is 0.310 e. The molecule has 2 aromatic carbocycles. The summed E-state index contributed by atoms with van der Waals surface area (Å²) in [6, 6.07) is 14.9. The number of hydrogen-bond acceptors (Lipinski definition) is 3. The SMILES string of the molecule is CCC(=O)Oc1cccc(OC)c1C#Cc1ccccc1. The maximum atomic E-state index is 11.5. The fraction of sp³-hybridized carbons (Fsp3) is 0.167. The van der Waals surface area contributed by atoms with Crippen LogP contribution in [-0.4, -0.2) is 13.1 Å². The van der Waals surface area contributed by atoms with Crippen molar-refractivity contribution in [3.8, 4) is 23.3 Å². The highest BCUT2D eigenvalue weighted by Gasteiger charge is 2.11. The summed E-state index contributed by atoms with van der Waals surface area (Å²) in [5, 5.41) is 0. The molecule has 0 aliphatic heterocycles. The molecule has 0 aliphatic carbocycles. The lowest BCUT2D eigenvalue weighted by Gasteiger charge is -2.09. The third-order valence-electron chi connectivity index (χ3n) is 2.83. The smallest absolute Gasteiger partial charge is 0.310 e. The summed E-state index contributed by atoms with van der Waals surface area (Å²) in [5.41, 5.74) is 1.46. The average molecular weight is 280 g/mol. The van der Waals surface area contributed by atoms with Gasteiger partial charge in [-0.1, -0.05) is 43.0 Å². The van der Waals surface area contributed by atoms with Crippen molar-refractivity contribution in [1.82, 2.24) is 0 Å². The molecule has 3 nitrogen and oxygen atoms in total. The summed E-state index contributed by atoms with van der Waals surface area (Å²) in [6.45, 7) is 1.75. The molecule has 0 unspecified atom stereocenters. The fourth-order valence-corrected chi connectivity index (χ4v) is 1.74. The third-order valence-corrected chi connectivity index (χ3v) is 2.83. The van der Waals surface area contributed by atoms with Gasteiger partial charge in [-0.05, 0) is 24.3 Å². The highest BCUT2D eigenvalue weighted by Crippen LogP contribution is 2.27. The van der Waals surface area contributed by atoms with E-state index in [0.717, 1.165) is 5.56 Å². The Balaban J connectivity index is 2.41. The minimum atomic E-state index is -0.300. The molecule has 0 N–H and O–H groups in total. The Hall–Kier alpha value is -2.73. The van der Waals surface area contributed by atoms with E-state index >= 15 is 0 Å². The van der Waals surface area contributed by atoms with E-state index in [0.29, 0.717) is 23.5 Å². The first-order valence-electron chi connectivity index (χ1n) is 6.69. The Morgan fingerprint density at radius 3 is 2.38 bits per heavy atom. The zero-order valence-corrected chi connectivity index (χ0v) is 12.1. The van der Waals surface area contributed by atoms with Crippen molar-refractivity contribution in [3.63, 3.8) is 0 Å². The minimum Gasteiger partial charge on any atom is -0.495 e. The number of esters is 1. The molecule has 0 heterocycles. The summed E-state index contributed by atoms with van der Waals surface area (Å²) in [7, 11) is 1.56. The van der Waals surface area contributed by atoms with E-state index in [9.17, 15) is 4.79 Å². The molecule has 106 valence electrons. The van der Waals surface area contributed by atoms with Gasteiger partial charge in [-0.25, -0.2) is 0 Å². The Bertz CT molecular complexity index is 679. The molecule has 21 heavy (non-hydrogen) atoms. The normalized spacial score (nSPS) is 9.43. The Morgan fingerprint density at radius 1 is 1.00 bits per heavy atom. The average Bonchev–Trinajstić information content (AvgIpc) is 2.54. The largest absolute Gasteiger partial charge is 0.495 e. The lowest BCUT2D eigenvalue weighted by Crippen LogP contribution is -2.07. The van der Waals surface area contributed by atoms with Crippen LogP contribution in [0.5, 0.6) is 11.5 Å². The van der Waals surface area contributed by atoms with E-state index in [2.05, 4.69) is 11.8 Å². The van der Waals surface area contributed by atoms with E-state index in [4.69, 9.17) is 9.47 Å². The maximum absolute atomic E-state index is 11.5. The van der Waals surface area contributed by atoms with Crippen molar-refractivity contribution in [3.05, 3.63) is 59.7 Å². The molecule has 0 saturated heterocycles. The van der Waals surface area contributed by atoms with Crippen molar-refractivity contribution in [2.75, 3.05) is 7.11 Å². The predicted octanol–water partition coefficient (Wildman–Crippen LogP) is 3.41. The zero-order chi connectivity index (χ0) is 15.1. The molecule has 0 amide bonds. The highest BCUT2D eigenvalue weighted by atomic mass is 16.5. The van der Waals surface area contributed by atoms with Gasteiger partial charge >= 0.3 is 5.97 Å². The second kappa shape index (κ2) is 7.16. The lowest BCUT2D eigenvalue weighted by atomic mass is 10.1. The van der Waals surface area contributed by atoms with Crippen LogP contribution < -0.4 is 9.47 Å². The number of benzene rings is 2. The molecule has 0 aromatic heterocycles. The van der Waals surface area contributed by atoms with Gasteiger partial charge in [0.05, 0.1) is 7.11 Å². The van der Waals surface area contributed by atoms with E-state index in [1.807, 2.05) is 30.3 Å². The van der Waals surface area contributed by atoms with E-state index < -0.39 is 0 Å². The van der Waals surface area contributed by atoms with Crippen molar-refractivity contribution in [2.45, 2.75) is 13.3 Å². The summed E-state index contributed by atoms with van der Waals surface area (Å²) < 4.78 is 10.6. The number of carbonyl (C=O) groups excluding carboxylic acids is 1. The van der Waals surface area contributed by atoms with Crippen molar-refractivity contribution in [1.29, 1.82) is 0 Å². The quantitative estimate of drug-likeness (QED) is 0.491. The first-order valence-corrected chi connectivity index (χ1v) is 6.69. The Kier molecular flexibility index (Phi) is 5.00. The van der Waals surface area contributed by atoms with E-state index in [1.165, 1.54) is 0 Å². The van der Waals surface area contributed by atoms with Crippen molar-refractivity contribution < 1.29 is 14.3 Å². The summed E-state index contributed by atoms with van der Waals surface area (Å²) in [6.07, 6.45) is 0.308. The predicted molar refractivity (Wildman–Crippen MR) is 81.3 cm³/mol. The van der Waals surface area contributed by atoms with Gasteiger partial charge in [-0.15, -0.1) is 0 Å². The molecule has 3 heteroatoms. The Morgan fingerprint density at radius 2 is 1.71 bits per heavy atom. The first-order chi connectivity index (χ1) is 10.2. The number of methoxy groups -OCH3 is 1. The third kappa shape index (κ3) is 3.87. The lowest BCUT2D eigenvalue weighted by molar-refractivity contribution is -0.134. The van der Waals surface area contributed by atoms with Gasteiger partial charge in [0, 0.05) is 12.0 Å². The van der Waals surface area contributed by atoms with Gasteiger partial charge in [0.1, 0.15) is 17.1 Å². The molecule has 0 bridgehead atoms. The number of carbonyl (C=O) groups is 1. The van der Waals surface area contributed by atoms with Crippen LogP contribution in [0.15, 0.2) is 48.5 Å². The van der Waals surface area contributed by atoms with Crippen LogP contribution in [0, 0.1) is 11.8 Å². The van der Waals surface area contributed by atoms with E-state index in [-0.39, 0.29) is 5.97 Å². The molecule has 0 aliphatic rings. The molecule has 0 fully saturated rings.